The molecule has 0 spiro atoms. The Labute approximate surface area is 140 Å². The molecule has 0 aliphatic rings. The van der Waals surface area contributed by atoms with Gasteiger partial charge in [0.1, 0.15) is 6.10 Å². The summed E-state index contributed by atoms with van der Waals surface area (Å²) in [4.78, 5) is 1.17. The minimum Gasteiger partial charge on any atom is -0.366 e. The van der Waals surface area contributed by atoms with E-state index >= 15 is 0 Å². The maximum atomic E-state index is 6.21. The Morgan fingerprint density at radius 3 is 2.65 bits per heavy atom. The van der Waals surface area contributed by atoms with Crippen molar-refractivity contribution in [1.29, 1.82) is 0 Å². The largest absolute Gasteiger partial charge is 0.366 e. The molecule has 1 heterocycles. The van der Waals surface area contributed by atoms with Crippen LogP contribution in [0, 0.1) is 0 Å². The van der Waals surface area contributed by atoms with Gasteiger partial charge in [-0.1, -0.05) is 35.0 Å². The molecule has 2 aromatic rings. The van der Waals surface area contributed by atoms with Crippen LogP contribution in [0.3, 0.4) is 0 Å². The zero-order chi connectivity index (χ0) is 14.5. The van der Waals surface area contributed by atoms with Crippen molar-refractivity contribution in [1.82, 2.24) is 0 Å². The van der Waals surface area contributed by atoms with E-state index in [-0.39, 0.29) is 12.1 Å². The van der Waals surface area contributed by atoms with E-state index in [0.29, 0.717) is 6.61 Å². The highest BCUT2D eigenvalue weighted by Gasteiger charge is 2.21. The first-order chi connectivity index (χ1) is 9.60. The second kappa shape index (κ2) is 7.71. The fourth-order valence-corrected chi connectivity index (χ4v) is 3.93. The Balaban J connectivity index is 2.08. The van der Waals surface area contributed by atoms with Crippen LogP contribution in [0.4, 0.5) is 0 Å². The van der Waals surface area contributed by atoms with Gasteiger partial charge in [-0.15, -0.1) is 11.3 Å². The van der Waals surface area contributed by atoms with Gasteiger partial charge in [0.2, 0.25) is 0 Å². The van der Waals surface area contributed by atoms with Gasteiger partial charge in [-0.05, 0) is 46.1 Å². The van der Waals surface area contributed by atoms with Crippen molar-refractivity contribution in [3.63, 3.8) is 0 Å². The Morgan fingerprint density at radius 2 is 2.05 bits per heavy atom. The third-order valence-corrected chi connectivity index (χ3v) is 5.30. The predicted octanol–water partition coefficient (Wildman–Crippen LogP) is 5.27. The molecule has 2 nitrogen and oxygen atoms in total. The monoisotopic (exact) mass is 417 g/mol. The molecule has 1 aromatic heterocycles. The SMILES string of the molecule is CCC(N)C(OCc1cccc(Br)c1)c1cc(Br)cs1. The highest BCUT2D eigenvalue weighted by atomic mass is 79.9. The van der Waals surface area contributed by atoms with Gasteiger partial charge in [-0.25, -0.2) is 0 Å². The van der Waals surface area contributed by atoms with E-state index in [4.69, 9.17) is 10.5 Å². The van der Waals surface area contributed by atoms with Crippen LogP contribution in [0.5, 0.6) is 0 Å². The van der Waals surface area contributed by atoms with Crippen molar-refractivity contribution in [2.45, 2.75) is 32.1 Å². The Hall–Kier alpha value is -0.200. The quantitative estimate of drug-likeness (QED) is 0.693. The highest BCUT2D eigenvalue weighted by molar-refractivity contribution is 9.10. The summed E-state index contributed by atoms with van der Waals surface area (Å²) in [6.07, 6.45) is 0.828. The van der Waals surface area contributed by atoms with Crippen molar-refractivity contribution >= 4 is 43.2 Å². The molecule has 108 valence electrons. The van der Waals surface area contributed by atoms with Crippen molar-refractivity contribution in [2.24, 2.45) is 5.73 Å². The van der Waals surface area contributed by atoms with Crippen molar-refractivity contribution < 1.29 is 4.74 Å². The van der Waals surface area contributed by atoms with Gasteiger partial charge in [0.05, 0.1) is 6.61 Å². The van der Waals surface area contributed by atoms with Crippen LogP contribution in [-0.4, -0.2) is 6.04 Å². The summed E-state index contributed by atoms with van der Waals surface area (Å²) < 4.78 is 8.22. The van der Waals surface area contributed by atoms with Crippen LogP contribution in [0.25, 0.3) is 0 Å². The van der Waals surface area contributed by atoms with E-state index < -0.39 is 0 Å². The first-order valence-corrected chi connectivity index (χ1v) is 8.92. The summed E-state index contributed by atoms with van der Waals surface area (Å²) in [5, 5.41) is 2.06. The molecule has 0 fully saturated rings. The standard InChI is InChI=1S/C15H17Br2NOS/c1-2-13(18)15(14-7-12(17)9-20-14)19-8-10-4-3-5-11(16)6-10/h3-7,9,13,15H,2,8,18H2,1H3. The Morgan fingerprint density at radius 1 is 1.25 bits per heavy atom. The number of thiophene rings is 1. The number of rotatable bonds is 6. The van der Waals surface area contributed by atoms with Crippen LogP contribution in [0.15, 0.2) is 44.7 Å². The minimum atomic E-state index is -0.0599. The molecular formula is C15H17Br2NOS. The fourth-order valence-electron chi connectivity index (χ4n) is 1.92. The van der Waals surface area contributed by atoms with Gasteiger partial charge in [0.25, 0.3) is 0 Å². The van der Waals surface area contributed by atoms with Crippen LogP contribution in [0.1, 0.15) is 29.9 Å². The lowest BCUT2D eigenvalue weighted by atomic mass is 10.1. The van der Waals surface area contributed by atoms with E-state index in [9.17, 15) is 0 Å². The average molecular weight is 419 g/mol. The Kier molecular flexibility index (Phi) is 6.23. The maximum absolute atomic E-state index is 6.21. The van der Waals surface area contributed by atoms with Gasteiger partial charge < -0.3 is 10.5 Å². The molecule has 20 heavy (non-hydrogen) atoms. The van der Waals surface area contributed by atoms with Crippen molar-refractivity contribution in [3.05, 3.63) is 55.1 Å². The number of hydrogen-bond donors (Lipinski definition) is 1. The summed E-state index contributed by atoms with van der Waals surface area (Å²) in [7, 11) is 0. The number of ether oxygens (including phenoxy) is 1. The molecule has 0 aliphatic heterocycles. The van der Waals surface area contributed by atoms with Crippen LogP contribution >= 0.6 is 43.2 Å². The molecule has 0 bridgehead atoms. The zero-order valence-corrected chi connectivity index (χ0v) is 15.2. The minimum absolute atomic E-state index is 0.00713. The second-order valence-corrected chi connectivity index (χ2v) is 7.38. The van der Waals surface area contributed by atoms with Crippen LogP contribution < -0.4 is 5.73 Å². The summed E-state index contributed by atoms with van der Waals surface area (Å²) >= 11 is 8.64. The summed E-state index contributed by atoms with van der Waals surface area (Å²) in [6.45, 7) is 2.65. The molecule has 2 atom stereocenters. The predicted molar refractivity (Wildman–Crippen MR) is 92.0 cm³/mol. The molecule has 5 heteroatoms. The van der Waals surface area contributed by atoms with E-state index in [1.807, 2.05) is 12.1 Å². The molecule has 0 amide bonds. The third kappa shape index (κ3) is 4.40. The van der Waals surface area contributed by atoms with Gasteiger partial charge in [0.15, 0.2) is 0 Å². The lowest BCUT2D eigenvalue weighted by Gasteiger charge is -2.22. The third-order valence-electron chi connectivity index (χ3n) is 3.05. The van der Waals surface area contributed by atoms with E-state index in [1.54, 1.807) is 11.3 Å². The topological polar surface area (TPSA) is 35.2 Å². The lowest BCUT2D eigenvalue weighted by Crippen LogP contribution is -2.29. The smallest absolute Gasteiger partial charge is 0.107 e. The molecule has 0 saturated carbocycles. The van der Waals surface area contributed by atoms with Gasteiger partial charge >= 0.3 is 0 Å². The van der Waals surface area contributed by atoms with E-state index in [1.165, 1.54) is 4.88 Å². The lowest BCUT2D eigenvalue weighted by molar-refractivity contribution is 0.0236. The molecule has 2 rings (SSSR count). The van der Waals surface area contributed by atoms with Crippen LogP contribution in [0.2, 0.25) is 0 Å². The number of hydrogen-bond acceptors (Lipinski definition) is 3. The highest BCUT2D eigenvalue weighted by Crippen LogP contribution is 2.31. The molecule has 2 N–H and O–H groups in total. The normalized spacial score (nSPS) is 14.2. The molecular weight excluding hydrogens is 402 g/mol. The first-order valence-electron chi connectivity index (χ1n) is 6.45. The van der Waals surface area contributed by atoms with Crippen molar-refractivity contribution in [3.8, 4) is 0 Å². The van der Waals surface area contributed by atoms with Gasteiger partial charge in [-0.3, -0.25) is 0 Å². The second-order valence-electron chi connectivity index (χ2n) is 4.60. The summed E-state index contributed by atoms with van der Waals surface area (Å²) in [5.41, 5.74) is 7.35. The van der Waals surface area contributed by atoms with Gasteiger partial charge in [0, 0.05) is 25.2 Å². The number of halogens is 2. The molecule has 0 saturated heterocycles. The first kappa shape index (κ1) is 16.2. The van der Waals surface area contributed by atoms with E-state index in [0.717, 1.165) is 20.9 Å². The summed E-state index contributed by atoms with van der Waals surface area (Å²) in [5.74, 6) is 0. The van der Waals surface area contributed by atoms with E-state index in [2.05, 4.69) is 62.4 Å². The Bertz CT molecular complexity index is 558. The van der Waals surface area contributed by atoms with Crippen molar-refractivity contribution in [2.75, 3.05) is 0 Å². The molecule has 1 aromatic carbocycles. The molecule has 2 unspecified atom stereocenters. The number of benzene rings is 1. The molecule has 0 aliphatic carbocycles. The summed E-state index contributed by atoms with van der Waals surface area (Å²) in [6, 6.07) is 10.2. The average Bonchev–Trinajstić information content (AvgIpc) is 2.85. The van der Waals surface area contributed by atoms with Gasteiger partial charge in [-0.2, -0.15) is 0 Å². The van der Waals surface area contributed by atoms with Crippen LogP contribution in [-0.2, 0) is 11.3 Å². The maximum Gasteiger partial charge on any atom is 0.107 e. The zero-order valence-electron chi connectivity index (χ0n) is 11.2. The fraction of sp³-hybridized carbons (Fsp3) is 0.333. The molecule has 0 radical (unpaired) electrons. The number of nitrogens with two attached hydrogens (primary N) is 1.